The van der Waals surface area contributed by atoms with Crippen molar-refractivity contribution in [2.75, 3.05) is 0 Å². The molecule has 0 aliphatic rings. The Morgan fingerprint density at radius 2 is 1.70 bits per heavy atom. The van der Waals surface area contributed by atoms with Gasteiger partial charge in [0.25, 0.3) is 0 Å². The maximum Gasteiger partial charge on any atom is 0.388 e. The summed E-state index contributed by atoms with van der Waals surface area (Å²) in [5.41, 5.74) is 3.76. The van der Waals surface area contributed by atoms with Gasteiger partial charge in [0, 0.05) is 5.56 Å². The number of benzene rings is 1. The highest BCUT2D eigenvalue weighted by Gasteiger charge is 2.16. The number of halogens is 1. The molecule has 20 heavy (non-hydrogen) atoms. The van der Waals surface area contributed by atoms with Crippen LogP contribution in [0.4, 0.5) is 0 Å². The highest BCUT2D eigenvalue weighted by molar-refractivity contribution is 7.22. The molecule has 8 heteroatoms. The summed E-state index contributed by atoms with van der Waals surface area (Å²) >= 11 is 1.74. The van der Waals surface area contributed by atoms with E-state index < -0.39 is 10.2 Å². The van der Waals surface area contributed by atoms with Gasteiger partial charge in [-0.25, -0.2) is 18.6 Å². The van der Waals surface area contributed by atoms with Crippen LogP contribution in [-0.2, 0) is 0 Å². The third kappa shape index (κ3) is 3.40. The minimum atomic E-state index is -4.94. The van der Waals surface area contributed by atoms with Crippen molar-refractivity contribution in [1.82, 2.24) is 4.98 Å². The number of hydrogen-bond donors (Lipinski definition) is 0. The first kappa shape index (κ1) is 15.0. The molecule has 0 aliphatic heterocycles. The third-order valence-corrected chi connectivity index (χ3v) is 3.81. The van der Waals surface area contributed by atoms with Crippen LogP contribution >= 0.6 is 11.3 Å². The fraction of sp³-hybridized carbons (Fsp3) is 0.167. The molecule has 0 atom stereocenters. The first-order chi connectivity index (χ1) is 9.27. The van der Waals surface area contributed by atoms with Gasteiger partial charge in [-0.05, 0) is 42.3 Å². The number of para-hydroxylation sites is 1. The maximum absolute atomic E-state index is 8.49. The molecule has 3 aromatic rings. The lowest BCUT2D eigenvalue weighted by Gasteiger charge is -2.17. The smallest absolute Gasteiger partial charge is 0.222 e. The number of aromatic nitrogens is 2. The minimum Gasteiger partial charge on any atom is -0.222 e. The largest absolute Gasteiger partial charge is 0.388 e. The molecular weight excluding hydrogens is 304 g/mol. The lowest BCUT2D eigenvalue weighted by atomic mass is 10.2. The van der Waals surface area contributed by atoms with Crippen molar-refractivity contribution in [3.8, 4) is 0 Å². The average Bonchev–Trinajstić information content (AvgIpc) is 2.71. The second kappa shape index (κ2) is 5.57. The van der Waals surface area contributed by atoms with Crippen LogP contribution in [0.5, 0.6) is 0 Å². The van der Waals surface area contributed by atoms with Crippen LogP contribution in [0.15, 0.2) is 30.5 Å². The fourth-order valence-electron chi connectivity index (χ4n) is 1.81. The summed E-state index contributed by atoms with van der Waals surface area (Å²) in [5.74, 6) is 0. The van der Waals surface area contributed by atoms with Crippen molar-refractivity contribution in [1.29, 1.82) is 0 Å². The maximum atomic E-state index is 8.49. The van der Waals surface area contributed by atoms with Gasteiger partial charge in [-0.3, -0.25) is 0 Å². The summed E-state index contributed by atoms with van der Waals surface area (Å²) in [7, 11) is -4.94. The number of hydrogen-bond acceptors (Lipinski definition) is 6. The van der Waals surface area contributed by atoms with E-state index in [9.17, 15) is 0 Å². The predicted octanol–water partition coefficient (Wildman–Crippen LogP) is -2.10. The topological polar surface area (TPSA) is 109 Å². The van der Waals surface area contributed by atoms with Crippen molar-refractivity contribution >= 4 is 26.5 Å². The lowest BCUT2D eigenvalue weighted by Crippen LogP contribution is -2.68. The minimum absolute atomic E-state index is 1.07. The molecule has 0 spiro atoms. The van der Waals surface area contributed by atoms with E-state index in [1.807, 2.05) is 6.20 Å². The number of fused-ring (bicyclic) bond motifs is 3. The summed E-state index contributed by atoms with van der Waals surface area (Å²) < 4.78 is 37.5. The van der Waals surface area contributed by atoms with Crippen molar-refractivity contribution in [3.63, 3.8) is 0 Å². The van der Waals surface area contributed by atoms with E-state index in [1.165, 1.54) is 21.5 Å². The monoisotopic (exact) mass is 314 g/mol. The predicted molar refractivity (Wildman–Crippen MR) is 62.3 cm³/mol. The van der Waals surface area contributed by atoms with Gasteiger partial charge in [0.1, 0.15) is 11.9 Å². The Morgan fingerprint density at radius 3 is 2.35 bits per heavy atom. The van der Waals surface area contributed by atoms with Crippen molar-refractivity contribution < 1.29 is 33.3 Å². The van der Waals surface area contributed by atoms with Gasteiger partial charge < -0.3 is 0 Å². The molecule has 0 radical (unpaired) electrons. The Morgan fingerprint density at radius 1 is 1.10 bits per heavy atom. The molecule has 0 N–H and O–H groups in total. The van der Waals surface area contributed by atoms with Crippen LogP contribution in [-0.4, -0.2) is 4.98 Å². The number of rotatable bonds is 0. The zero-order valence-electron chi connectivity index (χ0n) is 10.7. The molecule has 1 aromatic carbocycles. The standard InChI is InChI=1S/C12H11N2S.ClHO4/c1-8-7-13-12-14(9(8)2)10-5-3-4-6-11(10)15-12;2-1(3,4)5/h3-7H,1-2H3;(H,2,3,4,5)/q+1;/p-1. The number of aryl methyl sites for hydroxylation is 2. The van der Waals surface area contributed by atoms with Crippen LogP contribution in [0.1, 0.15) is 11.3 Å². The van der Waals surface area contributed by atoms with E-state index in [-0.39, 0.29) is 0 Å². The highest BCUT2D eigenvalue weighted by Crippen LogP contribution is 2.20. The molecule has 0 fully saturated rings. The zero-order valence-corrected chi connectivity index (χ0v) is 12.3. The molecule has 0 saturated carbocycles. The Labute approximate surface area is 120 Å². The van der Waals surface area contributed by atoms with E-state index in [0.29, 0.717) is 0 Å². The van der Waals surface area contributed by atoms with Crippen molar-refractivity contribution in [2.24, 2.45) is 0 Å². The quantitative estimate of drug-likeness (QED) is 0.441. The average molecular weight is 315 g/mol. The lowest BCUT2D eigenvalue weighted by molar-refractivity contribution is -2.00. The molecule has 2 heterocycles. The first-order valence-corrected chi connectivity index (χ1v) is 7.60. The number of thiazole rings is 1. The van der Waals surface area contributed by atoms with Crippen LogP contribution in [0.3, 0.4) is 0 Å². The van der Waals surface area contributed by atoms with Crippen LogP contribution in [0.2, 0.25) is 0 Å². The molecule has 0 amide bonds. The van der Waals surface area contributed by atoms with Crippen molar-refractivity contribution in [2.45, 2.75) is 13.8 Å². The van der Waals surface area contributed by atoms with E-state index in [4.69, 9.17) is 18.6 Å². The molecule has 3 rings (SSSR count). The Balaban J connectivity index is 0.000000257. The van der Waals surface area contributed by atoms with E-state index in [0.717, 1.165) is 4.96 Å². The van der Waals surface area contributed by atoms with E-state index in [2.05, 4.69) is 47.5 Å². The Kier molecular flexibility index (Phi) is 4.19. The third-order valence-electron chi connectivity index (χ3n) is 2.77. The normalized spacial score (nSPS) is 11.5. The Hall–Kier alpha value is -1.35. The summed E-state index contributed by atoms with van der Waals surface area (Å²) in [6.07, 6.45) is 1.94. The van der Waals surface area contributed by atoms with Gasteiger partial charge in [-0.15, -0.1) is 10.2 Å². The van der Waals surface area contributed by atoms with Gasteiger partial charge in [0.15, 0.2) is 5.52 Å². The highest BCUT2D eigenvalue weighted by atomic mass is 35.7. The molecule has 0 saturated heterocycles. The van der Waals surface area contributed by atoms with Gasteiger partial charge in [0.05, 0.1) is 4.70 Å². The van der Waals surface area contributed by atoms with E-state index in [1.54, 1.807) is 11.3 Å². The molecule has 2 aromatic heterocycles. The van der Waals surface area contributed by atoms with Gasteiger partial charge in [0.2, 0.25) is 0 Å². The molecule has 106 valence electrons. The van der Waals surface area contributed by atoms with Gasteiger partial charge >= 0.3 is 4.96 Å². The fourth-order valence-corrected chi connectivity index (χ4v) is 2.84. The van der Waals surface area contributed by atoms with Crippen molar-refractivity contribution in [3.05, 3.63) is 41.7 Å². The molecular formula is C12H11ClN2O4S. The molecule has 0 unspecified atom stereocenters. The van der Waals surface area contributed by atoms with Gasteiger partial charge in [-0.2, -0.15) is 4.40 Å². The molecule has 0 bridgehead atoms. The Bertz CT molecular complexity index is 748. The summed E-state index contributed by atoms with van der Waals surface area (Å²) in [6.45, 7) is 4.24. The van der Waals surface area contributed by atoms with Crippen LogP contribution in [0, 0.1) is 24.1 Å². The number of nitrogens with zero attached hydrogens (tertiary/aromatic N) is 2. The van der Waals surface area contributed by atoms with Crippen LogP contribution in [0.25, 0.3) is 15.2 Å². The van der Waals surface area contributed by atoms with Crippen LogP contribution < -0.4 is 23.0 Å². The second-order valence-corrected chi connectivity index (χ2v) is 5.86. The second-order valence-electron chi connectivity index (χ2n) is 4.09. The summed E-state index contributed by atoms with van der Waals surface area (Å²) in [5, 5.41) is 0. The zero-order chi connectivity index (χ0) is 14.9. The summed E-state index contributed by atoms with van der Waals surface area (Å²) in [6, 6.07) is 8.43. The van der Waals surface area contributed by atoms with E-state index >= 15 is 0 Å². The van der Waals surface area contributed by atoms with Gasteiger partial charge in [-0.1, -0.05) is 12.1 Å². The summed E-state index contributed by atoms with van der Waals surface area (Å²) in [4.78, 5) is 5.53. The first-order valence-electron chi connectivity index (χ1n) is 5.54. The SMILES string of the molecule is Cc1cnc2sc3ccccc3[n+]2c1C.[O-][Cl+3]([O-])([O-])[O-]. The molecule has 6 nitrogen and oxygen atoms in total. The molecule has 0 aliphatic carbocycles.